The molecule has 1 aromatic carbocycles. The standard InChI is InChI=1S/C9H10F2OS/c1-3-12-9-7(10)4-6(13-2)5-8(9)11/h4-5H,3H2,1-2H3. The van der Waals surface area contributed by atoms with Gasteiger partial charge in [-0.05, 0) is 25.3 Å². The van der Waals surface area contributed by atoms with Gasteiger partial charge in [0.05, 0.1) is 6.61 Å². The van der Waals surface area contributed by atoms with Crippen LogP contribution in [0, 0.1) is 11.6 Å². The topological polar surface area (TPSA) is 9.23 Å². The lowest BCUT2D eigenvalue weighted by Crippen LogP contribution is -1.98. The van der Waals surface area contributed by atoms with Crippen molar-refractivity contribution in [2.75, 3.05) is 12.9 Å². The van der Waals surface area contributed by atoms with Crippen LogP contribution < -0.4 is 4.74 Å². The van der Waals surface area contributed by atoms with E-state index >= 15 is 0 Å². The Morgan fingerprint density at radius 2 is 1.85 bits per heavy atom. The molecule has 0 aromatic heterocycles. The van der Waals surface area contributed by atoms with Crippen molar-refractivity contribution in [1.29, 1.82) is 0 Å². The maximum absolute atomic E-state index is 13.1. The monoisotopic (exact) mass is 204 g/mol. The lowest BCUT2D eigenvalue weighted by molar-refractivity contribution is 0.302. The average Bonchev–Trinajstić information content (AvgIpc) is 2.11. The second-order valence-electron chi connectivity index (χ2n) is 2.35. The molecule has 4 heteroatoms. The Labute approximate surface area is 80.1 Å². The van der Waals surface area contributed by atoms with Gasteiger partial charge in [-0.1, -0.05) is 0 Å². The first-order valence-corrected chi connectivity index (χ1v) is 5.07. The van der Waals surface area contributed by atoms with Gasteiger partial charge in [-0.15, -0.1) is 11.8 Å². The van der Waals surface area contributed by atoms with Crippen LogP contribution in [0.5, 0.6) is 5.75 Å². The Morgan fingerprint density at radius 1 is 1.31 bits per heavy atom. The summed E-state index contributed by atoms with van der Waals surface area (Å²) < 4.78 is 31.0. The predicted molar refractivity (Wildman–Crippen MR) is 49.3 cm³/mol. The molecule has 1 nitrogen and oxygen atoms in total. The summed E-state index contributed by atoms with van der Waals surface area (Å²) >= 11 is 1.29. The Morgan fingerprint density at radius 3 is 2.23 bits per heavy atom. The highest BCUT2D eigenvalue weighted by atomic mass is 32.2. The molecule has 0 unspecified atom stereocenters. The van der Waals surface area contributed by atoms with Crippen LogP contribution >= 0.6 is 11.8 Å². The minimum absolute atomic E-state index is 0.256. The molecule has 0 aliphatic rings. The second-order valence-corrected chi connectivity index (χ2v) is 3.23. The molecule has 0 aliphatic carbocycles. The van der Waals surface area contributed by atoms with Crippen molar-refractivity contribution >= 4 is 11.8 Å². The molecule has 0 aliphatic heterocycles. The lowest BCUT2D eigenvalue weighted by atomic mass is 10.3. The fourth-order valence-corrected chi connectivity index (χ4v) is 1.38. The van der Waals surface area contributed by atoms with Crippen molar-refractivity contribution < 1.29 is 13.5 Å². The molecule has 0 saturated carbocycles. The van der Waals surface area contributed by atoms with E-state index < -0.39 is 11.6 Å². The zero-order chi connectivity index (χ0) is 9.84. The molecule has 0 saturated heterocycles. The van der Waals surface area contributed by atoms with E-state index in [9.17, 15) is 8.78 Å². The van der Waals surface area contributed by atoms with Crippen molar-refractivity contribution in [2.45, 2.75) is 11.8 Å². The van der Waals surface area contributed by atoms with E-state index in [1.165, 1.54) is 23.9 Å². The fourth-order valence-electron chi connectivity index (χ4n) is 0.937. The molecule has 0 heterocycles. The Balaban J connectivity index is 3.07. The Kier molecular flexibility index (Phi) is 3.54. The third kappa shape index (κ3) is 2.34. The van der Waals surface area contributed by atoms with Gasteiger partial charge in [-0.2, -0.15) is 0 Å². The van der Waals surface area contributed by atoms with Gasteiger partial charge in [0.2, 0.25) is 0 Å². The summed E-state index contributed by atoms with van der Waals surface area (Å²) in [6.07, 6.45) is 1.76. The summed E-state index contributed by atoms with van der Waals surface area (Å²) in [4.78, 5) is 0.554. The number of ether oxygens (including phenoxy) is 1. The highest BCUT2D eigenvalue weighted by molar-refractivity contribution is 7.98. The molecule has 0 radical (unpaired) electrons. The van der Waals surface area contributed by atoms with Crippen LogP contribution in [-0.4, -0.2) is 12.9 Å². The molecule has 0 amide bonds. The summed E-state index contributed by atoms with van der Waals surface area (Å²) in [5, 5.41) is 0. The summed E-state index contributed by atoms with van der Waals surface area (Å²) in [6, 6.07) is 2.53. The molecule has 0 spiro atoms. The highest BCUT2D eigenvalue weighted by Gasteiger charge is 2.11. The Bertz CT molecular complexity index is 279. The van der Waals surface area contributed by atoms with Crippen LogP contribution in [0.4, 0.5) is 8.78 Å². The largest absolute Gasteiger partial charge is 0.488 e. The summed E-state index contributed by atoms with van der Waals surface area (Å²) in [7, 11) is 0. The van der Waals surface area contributed by atoms with Gasteiger partial charge in [-0.25, -0.2) is 8.78 Å². The number of halogens is 2. The van der Waals surface area contributed by atoms with E-state index in [-0.39, 0.29) is 12.4 Å². The number of hydrogen-bond acceptors (Lipinski definition) is 2. The van der Waals surface area contributed by atoms with Gasteiger partial charge < -0.3 is 4.74 Å². The summed E-state index contributed by atoms with van der Waals surface area (Å²) in [6.45, 7) is 1.94. The van der Waals surface area contributed by atoms with Crippen LogP contribution in [0.1, 0.15) is 6.92 Å². The van der Waals surface area contributed by atoms with Crippen molar-refractivity contribution in [3.8, 4) is 5.75 Å². The van der Waals surface area contributed by atoms with Gasteiger partial charge in [0.15, 0.2) is 17.4 Å². The molecule has 1 aromatic rings. The van der Waals surface area contributed by atoms with Crippen molar-refractivity contribution in [3.05, 3.63) is 23.8 Å². The maximum Gasteiger partial charge on any atom is 0.190 e. The van der Waals surface area contributed by atoms with E-state index in [1.807, 2.05) is 0 Å². The molecular weight excluding hydrogens is 194 g/mol. The van der Waals surface area contributed by atoms with Crippen LogP contribution in [0.2, 0.25) is 0 Å². The normalized spacial score (nSPS) is 10.2. The second kappa shape index (κ2) is 4.46. The van der Waals surface area contributed by atoms with Crippen LogP contribution in [0.3, 0.4) is 0 Å². The van der Waals surface area contributed by atoms with Crippen molar-refractivity contribution in [1.82, 2.24) is 0 Å². The van der Waals surface area contributed by atoms with Gasteiger partial charge in [-0.3, -0.25) is 0 Å². The van der Waals surface area contributed by atoms with Crippen LogP contribution in [0.25, 0.3) is 0 Å². The molecule has 0 N–H and O–H groups in total. The first kappa shape index (κ1) is 10.3. The maximum atomic E-state index is 13.1. The SMILES string of the molecule is CCOc1c(F)cc(SC)cc1F. The lowest BCUT2D eigenvalue weighted by Gasteiger charge is -2.06. The summed E-state index contributed by atoms with van der Waals surface area (Å²) in [5.74, 6) is -1.59. The van der Waals surface area contributed by atoms with E-state index in [0.29, 0.717) is 4.90 Å². The fraction of sp³-hybridized carbons (Fsp3) is 0.333. The molecule has 0 fully saturated rings. The van der Waals surface area contributed by atoms with Crippen molar-refractivity contribution in [3.63, 3.8) is 0 Å². The zero-order valence-electron chi connectivity index (χ0n) is 7.43. The van der Waals surface area contributed by atoms with Crippen molar-refractivity contribution in [2.24, 2.45) is 0 Å². The summed E-state index contributed by atoms with van der Waals surface area (Å²) in [5.41, 5.74) is 0. The van der Waals surface area contributed by atoms with Gasteiger partial charge in [0.1, 0.15) is 0 Å². The van der Waals surface area contributed by atoms with Gasteiger partial charge in [0.25, 0.3) is 0 Å². The minimum Gasteiger partial charge on any atom is -0.488 e. The zero-order valence-corrected chi connectivity index (χ0v) is 8.25. The van der Waals surface area contributed by atoms with Crippen LogP contribution in [-0.2, 0) is 0 Å². The number of benzene rings is 1. The number of rotatable bonds is 3. The Hall–Kier alpha value is -0.770. The molecule has 0 bridgehead atoms. The smallest absolute Gasteiger partial charge is 0.190 e. The predicted octanol–water partition coefficient (Wildman–Crippen LogP) is 3.09. The van der Waals surface area contributed by atoms with E-state index in [0.717, 1.165) is 0 Å². The van der Waals surface area contributed by atoms with Crippen LogP contribution in [0.15, 0.2) is 17.0 Å². The van der Waals surface area contributed by atoms with Gasteiger partial charge in [0, 0.05) is 4.90 Å². The first-order valence-electron chi connectivity index (χ1n) is 3.84. The number of hydrogen-bond donors (Lipinski definition) is 0. The average molecular weight is 204 g/mol. The van der Waals surface area contributed by atoms with E-state index in [1.54, 1.807) is 13.2 Å². The van der Waals surface area contributed by atoms with E-state index in [4.69, 9.17) is 4.74 Å². The molecule has 72 valence electrons. The minimum atomic E-state index is -0.647. The molecule has 13 heavy (non-hydrogen) atoms. The third-order valence-electron chi connectivity index (χ3n) is 1.50. The molecular formula is C9H10F2OS. The van der Waals surface area contributed by atoms with Gasteiger partial charge >= 0.3 is 0 Å². The quantitative estimate of drug-likeness (QED) is 0.700. The molecule has 1 rings (SSSR count). The highest BCUT2D eigenvalue weighted by Crippen LogP contribution is 2.27. The number of thioether (sulfide) groups is 1. The van der Waals surface area contributed by atoms with E-state index in [2.05, 4.69) is 0 Å². The molecule has 0 atom stereocenters. The first-order chi connectivity index (χ1) is 6.19. The third-order valence-corrected chi connectivity index (χ3v) is 2.20.